The molecule has 2 N–H and O–H groups in total. The van der Waals surface area contributed by atoms with Crippen LogP contribution in [-0.2, 0) is 0 Å². The van der Waals surface area contributed by atoms with Crippen molar-refractivity contribution in [3.05, 3.63) is 53.9 Å². The van der Waals surface area contributed by atoms with Crippen molar-refractivity contribution < 1.29 is 14.6 Å². The summed E-state index contributed by atoms with van der Waals surface area (Å²) in [5.74, 6) is 2.89. The summed E-state index contributed by atoms with van der Waals surface area (Å²) >= 11 is 0. The molecule has 3 heterocycles. The van der Waals surface area contributed by atoms with Gasteiger partial charge in [-0.15, -0.1) is 10.2 Å². The molecule has 184 valence electrons. The number of carbonyl (C=O) groups excluding carboxylic acids is 1. The topological polar surface area (TPSA) is 124 Å². The van der Waals surface area contributed by atoms with Crippen LogP contribution in [0.2, 0.25) is 0 Å². The van der Waals surface area contributed by atoms with Gasteiger partial charge in [-0.25, -0.2) is 0 Å². The summed E-state index contributed by atoms with van der Waals surface area (Å²) in [7, 11) is 0. The molecule has 2 aromatic heterocycles. The molecule has 36 heavy (non-hydrogen) atoms. The summed E-state index contributed by atoms with van der Waals surface area (Å²) in [4.78, 5) is 19.3. The van der Waals surface area contributed by atoms with Crippen molar-refractivity contribution in [2.45, 2.75) is 37.8 Å². The van der Waals surface area contributed by atoms with Crippen LogP contribution in [-0.4, -0.2) is 58.0 Å². The first-order valence-corrected chi connectivity index (χ1v) is 12.6. The molecule has 1 amide bonds. The molecule has 3 aliphatic rings. The molecule has 0 spiro atoms. The van der Waals surface area contributed by atoms with Crippen molar-refractivity contribution in [3.63, 3.8) is 0 Å². The number of amides is 1. The van der Waals surface area contributed by atoms with E-state index in [1.807, 2.05) is 24.3 Å². The number of rotatable bonds is 6. The van der Waals surface area contributed by atoms with Gasteiger partial charge >= 0.3 is 0 Å². The highest BCUT2D eigenvalue weighted by atomic mass is 16.5. The molecule has 1 saturated heterocycles. The van der Waals surface area contributed by atoms with Crippen molar-refractivity contribution >= 4 is 22.6 Å². The number of nitriles is 1. The number of pyridine rings is 1. The molecule has 3 aromatic rings. The van der Waals surface area contributed by atoms with Gasteiger partial charge in [0, 0.05) is 37.3 Å². The molecule has 2 saturated carbocycles. The fourth-order valence-electron chi connectivity index (χ4n) is 5.83. The average molecular weight is 485 g/mol. The Bertz CT molecular complexity index is 1300. The molecular formula is C27H28N6O3. The van der Waals surface area contributed by atoms with Gasteiger partial charge in [-0.05, 0) is 79.8 Å². The first kappa shape index (κ1) is 22.7. The normalized spacial score (nSPS) is 26.8. The minimum atomic E-state index is -0.202. The predicted molar refractivity (Wildman–Crippen MR) is 132 cm³/mol. The van der Waals surface area contributed by atoms with Crippen LogP contribution in [0.1, 0.15) is 41.7 Å². The lowest BCUT2D eigenvalue weighted by atomic mass is 9.92. The summed E-state index contributed by atoms with van der Waals surface area (Å²) in [5, 5.41) is 31.1. The largest absolute Gasteiger partial charge is 0.490 e. The second-order valence-corrected chi connectivity index (χ2v) is 10.0. The number of hydrogen-bond acceptors (Lipinski definition) is 8. The second-order valence-electron chi connectivity index (χ2n) is 10.0. The minimum Gasteiger partial charge on any atom is -0.490 e. The number of carbonyl (C=O) groups is 1. The van der Waals surface area contributed by atoms with Crippen LogP contribution >= 0.6 is 0 Å². The number of aromatic nitrogens is 3. The van der Waals surface area contributed by atoms with Gasteiger partial charge in [0.05, 0.1) is 17.2 Å². The highest BCUT2D eigenvalue weighted by molar-refractivity contribution is 5.92. The van der Waals surface area contributed by atoms with Crippen LogP contribution in [0.25, 0.3) is 10.9 Å². The number of piperidine rings is 1. The summed E-state index contributed by atoms with van der Waals surface area (Å²) in [6.07, 6.45) is 5.01. The number of nitrogens with zero attached hydrogens (tertiary/aromatic N) is 5. The van der Waals surface area contributed by atoms with Crippen molar-refractivity contribution in [3.8, 4) is 11.8 Å². The van der Waals surface area contributed by atoms with Gasteiger partial charge in [0.1, 0.15) is 11.8 Å². The maximum absolute atomic E-state index is 12.7. The first-order chi connectivity index (χ1) is 17.6. The highest BCUT2D eigenvalue weighted by Crippen LogP contribution is 2.51. The molecule has 1 aromatic carbocycles. The zero-order valence-corrected chi connectivity index (χ0v) is 19.9. The van der Waals surface area contributed by atoms with E-state index in [0.29, 0.717) is 34.5 Å². The SMILES string of the molecule is N#Cc1ccc(OC2CCC(NC(=O)c3ccc(N4C[C@@H]5C(CO)[C@@H]5C4)nn3)CC2)c2cccnc12. The van der Waals surface area contributed by atoms with E-state index in [-0.39, 0.29) is 24.7 Å². The van der Waals surface area contributed by atoms with Crippen molar-refractivity contribution in [2.24, 2.45) is 17.8 Å². The molecule has 0 bridgehead atoms. The molecule has 0 radical (unpaired) electrons. The average Bonchev–Trinajstić information content (AvgIpc) is 3.40. The van der Waals surface area contributed by atoms with Crippen LogP contribution in [0.4, 0.5) is 5.82 Å². The number of hydrogen-bond donors (Lipinski definition) is 2. The molecule has 2 aliphatic carbocycles. The third-order valence-corrected chi connectivity index (χ3v) is 7.94. The van der Waals surface area contributed by atoms with Gasteiger partial charge in [0.25, 0.3) is 5.91 Å². The standard InChI is InChI=1S/C27H28N6O3/c28-12-16-3-9-24(19-2-1-11-29-26(16)19)36-18-6-4-17(5-7-18)30-27(35)23-8-10-25(32-31-23)33-13-20-21(14-33)22(20)15-34/h1-3,8-11,17-18,20-22,34H,4-7,13-15H2,(H,30,35)/t17?,18?,20-,21+,22?. The zero-order valence-electron chi connectivity index (χ0n) is 19.9. The summed E-state index contributed by atoms with van der Waals surface area (Å²) in [6.45, 7) is 2.07. The quantitative estimate of drug-likeness (QED) is 0.547. The Morgan fingerprint density at radius 1 is 1.11 bits per heavy atom. The van der Waals surface area contributed by atoms with E-state index in [1.54, 1.807) is 18.3 Å². The van der Waals surface area contributed by atoms with Crippen molar-refractivity contribution in [1.29, 1.82) is 5.26 Å². The van der Waals surface area contributed by atoms with E-state index in [2.05, 4.69) is 31.5 Å². The Morgan fingerprint density at radius 2 is 1.92 bits per heavy atom. The summed E-state index contributed by atoms with van der Waals surface area (Å²) in [5.41, 5.74) is 1.51. The summed E-state index contributed by atoms with van der Waals surface area (Å²) in [6, 6.07) is 13.2. The van der Waals surface area contributed by atoms with E-state index in [9.17, 15) is 15.2 Å². The number of anilines is 1. The Kier molecular flexibility index (Phi) is 5.89. The zero-order chi connectivity index (χ0) is 24.6. The lowest BCUT2D eigenvalue weighted by Crippen LogP contribution is -2.40. The van der Waals surface area contributed by atoms with Crippen LogP contribution in [0.3, 0.4) is 0 Å². The number of aliphatic hydroxyl groups excluding tert-OH is 1. The lowest BCUT2D eigenvalue weighted by molar-refractivity contribution is 0.0889. The number of benzene rings is 1. The predicted octanol–water partition coefficient (Wildman–Crippen LogP) is 2.69. The van der Waals surface area contributed by atoms with E-state index in [0.717, 1.165) is 55.7 Å². The third kappa shape index (κ3) is 4.22. The second kappa shape index (κ2) is 9.36. The molecule has 3 fully saturated rings. The molecule has 1 unspecified atom stereocenters. The van der Waals surface area contributed by atoms with Gasteiger partial charge in [-0.3, -0.25) is 9.78 Å². The van der Waals surface area contributed by atoms with Crippen molar-refractivity contribution in [1.82, 2.24) is 20.5 Å². The van der Waals surface area contributed by atoms with Gasteiger partial charge in [-0.2, -0.15) is 5.26 Å². The van der Waals surface area contributed by atoms with Gasteiger partial charge in [-0.1, -0.05) is 0 Å². The van der Waals surface area contributed by atoms with Gasteiger partial charge in [0.15, 0.2) is 11.5 Å². The fourth-order valence-corrected chi connectivity index (χ4v) is 5.83. The number of fused-ring (bicyclic) bond motifs is 2. The fraction of sp³-hybridized carbons (Fsp3) is 0.444. The Labute approximate surface area is 209 Å². The third-order valence-electron chi connectivity index (χ3n) is 7.94. The number of nitrogens with one attached hydrogen (secondary N) is 1. The maximum Gasteiger partial charge on any atom is 0.272 e. The first-order valence-electron chi connectivity index (χ1n) is 12.6. The molecule has 9 heteroatoms. The van der Waals surface area contributed by atoms with Crippen LogP contribution in [0.5, 0.6) is 5.75 Å². The number of aliphatic hydroxyl groups is 1. The van der Waals surface area contributed by atoms with Gasteiger partial charge < -0.3 is 20.1 Å². The van der Waals surface area contributed by atoms with Crippen LogP contribution < -0.4 is 15.0 Å². The van der Waals surface area contributed by atoms with E-state index in [4.69, 9.17) is 4.74 Å². The highest BCUT2D eigenvalue weighted by Gasteiger charge is 2.55. The van der Waals surface area contributed by atoms with Crippen molar-refractivity contribution in [2.75, 3.05) is 24.6 Å². The van der Waals surface area contributed by atoms with E-state index in [1.165, 1.54) is 0 Å². The Hall–Kier alpha value is -3.77. The molecule has 1 aliphatic heterocycles. The van der Waals surface area contributed by atoms with E-state index >= 15 is 0 Å². The van der Waals surface area contributed by atoms with Crippen LogP contribution in [0.15, 0.2) is 42.6 Å². The van der Waals surface area contributed by atoms with E-state index < -0.39 is 0 Å². The minimum absolute atomic E-state index is 0.0469. The monoisotopic (exact) mass is 484 g/mol. The molecule has 3 atom stereocenters. The Morgan fingerprint density at radius 3 is 2.61 bits per heavy atom. The smallest absolute Gasteiger partial charge is 0.272 e. The molecular weight excluding hydrogens is 456 g/mol. The molecule has 6 rings (SSSR count). The van der Waals surface area contributed by atoms with Gasteiger partial charge in [0.2, 0.25) is 0 Å². The summed E-state index contributed by atoms with van der Waals surface area (Å²) < 4.78 is 6.29. The van der Waals surface area contributed by atoms with Crippen LogP contribution in [0, 0.1) is 29.1 Å². The maximum atomic E-state index is 12.7. The molecule has 9 nitrogen and oxygen atoms in total. The number of ether oxygens (including phenoxy) is 1. The lowest BCUT2D eigenvalue weighted by Gasteiger charge is -2.29. The Balaban J connectivity index is 1.01.